The van der Waals surface area contributed by atoms with E-state index in [1.807, 2.05) is 12.1 Å². The van der Waals surface area contributed by atoms with Crippen LogP contribution in [0, 0.1) is 0 Å². The van der Waals surface area contributed by atoms with Crippen molar-refractivity contribution in [1.29, 1.82) is 0 Å². The van der Waals surface area contributed by atoms with Crippen LogP contribution >= 0.6 is 0 Å². The Morgan fingerprint density at radius 3 is 2.69 bits per heavy atom. The topological polar surface area (TPSA) is 75.5 Å². The molecular formula is C20H26N2O4. The van der Waals surface area contributed by atoms with Gasteiger partial charge in [-0.3, -0.25) is 4.79 Å². The predicted octanol–water partition coefficient (Wildman–Crippen LogP) is 3.95. The van der Waals surface area contributed by atoms with Crippen LogP contribution in [0.25, 0.3) is 0 Å². The molecule has 1 amide bonds. The summed E-state index contributed by atoms with van der Waals surface area (Å²) in [5, 5.41) is 2.36. The number of carbonyl (C=O) groups is 1. The number of nitrogens with zero attached hydrogens (tertiary/aromatic N) is 1. The van der Waals surface area contributed by atoms with Crippen molar-refractivity contribution < 1.29 is 14.1 Å². The fourth-order valence-corrected chi connectivity index (χ4v) is 3.59. The van der Waals surface area contributed by atoms with Crippen molar-refractivity contribution in [3.63, 3.8) is 0 Å². The van der Waals surface area contributed by atoms with Crippen LogP contribution in [0.3, 0.4) is 0 Å². The summed E-state index contributed by atoms with van der Waals surface area (Å²) in [6, 6.07) is 9.73. The third-order valence-electron chi connectivity index (χ3n) is 5.09. The van der Waals surface area contributed by atoms with Gasteiger partial charge in [0, 0.05) is 18.5 Å². The lowest BCUT2D eigenvalue weighted by molar-refractivity contribution is 0.0814. The van der Waals surface area contributed by atoms with Gasteiger partial charge in [0.25, 0.3) is 5.56 Å². The summed E-state index contributed by atoms with van der Waals surface area (Å²) >= 11 is 0. The summed E-state index contributed by atoms with van der Waals surface area (Å²) in [5.41, 5.74) is 2.08. The molecule has 3 rings (SSSR count). The van der Waals surface area contributed by atoms with E-state index in [1.54, 1.807) is 4.90 Å². The fourth-order valence-electron chi connectivity index (χ4n) is 3.59. The Kier molecular flexibility index (Phi) is 4.94. The number of H-pyrrole nitrogens is 1. The minimum absolute atomic E-state index is 0.0214. The van der Waals surface area contributed by atoms with Crippen molar-refractivity contribution in [2.24, 2.45) is 0 Å². The predicted molar refractivity (Wildman–Crippen MR) is 98.3 cm³/mol. The first-order valence-electron chi connectivity index (χ1n) is 8.93. The molecule has 1 aliphatic heterocycles. The molecule has 1 fully saturated rings. The van der Waals surface area contributed by atoms with E-state index in [1.165, 1.54) is 18.7 Å². The minimum Gasteiger partial charge on any atom is -0.453 e. The quantitative estimate of drug-likeness (QED) is 0.882. The van der Waals surface area contributed by atoms with E-state index in [2.05, 4.69) is 38.1 Å². The van der Waals surface area contributed by atoms with Gasteiger partial charge in [0.15, 0.2) is 0 Å². The van der Waals surface area contributed by atoms with Crippen LogP contribution in [-0.4, -0.2) is 29.8 Å². The van der Waals surface area contributed by atoms with Crippen LogP contribution in [0.2, 0.25) is 0 Å². The first kappa shape index (κ1) is 18.3. The maximum absolute atomic E-state index is 12.3. The maximum atomic E-state index is 12.3. The van der Waals surface area contributed by atoms with E-state index < -0.39 is 0 Å². The van der Waals surface area contributed by atoms with Crippen molar-refractivity contribution in [2.45, 2.75) is 51.0 Å². The number of piperidine rings is 1. The minimum atomic E-state index is -0.329. The lowest BCUT2D eigenvalue weighted by Gasteiger charge is -2.38. The Hall–Kier alpha value is -2.50. The summed E-state index contributed by atoms with van der Waals surface area (Å²) in [7, 11) is 1.41. The standard InChI is InChI=1S/C20H26N2O4/c1-20(2,3)15-7-5-6-13(10-15)16-11-14(17-12-18(23)21-26-17)8-9-22(16)19(24)25-4/h5-7,10,12,14,16H,8-9,11H2,1-4H3,(H,21,23). The Labute approximate surface area is 153 Å². The number of benzene rings is 1. The number of hydrogen-bond acceptors (Lipinski definition) is 4. The molecule has 1 N–H and O–H groups in total. The first-order valence-corrected chi connectivity index (χ1v) is 8.93. The zero-order valence-corrected chi connectivity index (χ0v) is 15.7. The van der Waals surface area contributed by atoms with Crippen molar-refractivity contribution in [3.05, 3.63) is 57.6 Å². The van der Waals surface area contributed by atoms with Gasteiger partial charge in [0.2, 0.25) is 0 Å². The molecule has 2 aromatic rings. The molecule has 0 spiro atoms. The molecule has 1 aromatic heterocycles. The average Bonchev–Trinajstić information content (AvgIpc) is 3.06. The van der Waals surface area contributed by atoms with Gasteiger partial charge < -0.3 is 14.2 Å². The van der Waals surface area contributed by atoms with Gasteiger partial charge >= 0.3 is 6.09 Å². The third-order valence-corrected chi connectivity index (χ3v) is 5.09. The van der Waals surface area contributed by atoms with Crippen molar-refractivity contribution in [1.82, 2.24) is 10.1 Å². The molecule has 26 heavy (non-hydrogen) atoms. The van der Waals surface area contributed by atoms with E-state index >= 15 is 0 Å². The van der Waals surface area contributed by atoms with Crippen molar-refractivity contribution in [2.75, 3.05) is 13.7 Å². The highest BCUT2D eigenvalue weighted by Gasteiger charge is 2.35. The number of carbonyl (C=O) groups excluding carboxylic acids is 1. The van der Waals surface area contributed by atoms with Crippen LogP contribution < -0.4 is 5.56 Å². The van der Waals surface area contributed by atoms with E-state index in [0.717, 1.165) is 12.0 Å². The van der Waals surface area contributed by atoms with Crippen LogP contribution in [-0.2, 0) is 10.2 Å². The SMILES string of the molecule is COC(=O)N1CCC(c2cc(=O)[nH]o2)CC1c1cccc(C(C)(C)C)c1. The summed E-state index contributed by atoms with van der Waals surface area (Å²) in [4.78, 5) is 25.5. The highest BCUT2D eigenvalue weighted by atomic mass is 16.5. The highest BCUT2D eigenvalue weighted by Crippen LogP contribution is 2.40. The Balaban J connectivity index is 1.95. The normalized spacial score (nSPS) is 20.8. The molecule has 0 aliphatic carbocycles. The molecule has 6 nitrogen and oxygen atoms in total. The largest absolute Gasteiger partial charge is 0.453 e. The van der Waals surface area contributed by atoms with Crippen molar-refractivity contribution >= 4 is 6.09 Å². The number of aromatic nitrogens is 1. The molecule has 2 atom stereocenters. The second-order valence-electron chi connectivity index (χ2n) is 7.89. The Bertz CT molecular complexity index is 831. The van der Waals surface area contributed by atoms with E-state index in [4.69, 9.17) is 9.26 Å². The molecule has 0 radical (unpaired) electrons. The molecule has 0 bridgehead atoms. The molecule has 6 heteroatoms. The Morgan fingerprint density at radius 1 is 1.31 bits per heavy atom. The second-order valence-corrected chi connectivity index (χ2v) is 7.89. The van der Waals surface area contributed by atoms with Crippen LogP contribution in [0.1, 0.15) is 62.5 Å². The summed E-state index contributed by atoms with van der Waals surface area (Å²) in [6.45, 7) is 7.06. The summed E-state index contributed by atoms with van der Waals surface area (Å²) < 4.78 is 10.3. The zero-order valence-electron chi connectivity index (χ0n) is 15.7. The number of aromatic amines is 1. The molecule has 2 unspecified atom stereocenters. The summed E-state index contributed by atoms with van der Waals surface area (Å²) in [5.74, 6) is 0.731. The molecule has 1 aromatic carbocycles. The van der Waals surface area contributed by atoms with Gasteiger partial charge in [0.1, 0.15) is 5.76 Å². The summed E-state index contributed by atoms with van der Waals surface area (Å²) in [6.07, 6.45) is 1.08. The lowest BCUT2D eigenvalue weighted by Crippen LogP contribution is -2.40. The zero-order chi connectivity index (χ0) is 18.9. The smallest absolute Gasteiger partial charge is 0.409 e. The number of ether oxygens (including phenoxy) is 1. The fraction of sp³-hybridized carbons (Fsp3) is 0.500. The Morgan fingerprint density at radius 2 is 2.08 bits per heavy atom. The van der Waals surface area contributed by atoms with Crippen LogP contribution in [0.4, 0.5) is 4.79 Å². The first-order chi connectivity index (χ1) is 12.3. The van der Waals surface area contributed by atoms with Gasteiger partial charge in [-0.2, -0.15) is 5.16 Å². The maximum Gasteiger partial charge on any atom is 0.409 e. The number of nitrogens with one attached hydrogen (secondary N) is 1. The van der Waals surface area contributed by atoms with E-state index in [9.17, 15) is 9.59 Å². The molecule has 0 saturated carbocycles. The average molecular weight is 358 g/mol. The monoisotopic (exact) mass is 358 g/mol. The van der Waals surface area contributed by atoms with Gasteiger partial charge in [-0.25, -0.2) is 4.79 Å². The van der Waals surface area contributed by atoms with Gasteiger partial charge in [-0.1, -0.05) is 45.0 Å². The number of amides is 1. The number of rotatable bonds is 2. The highest BCUT2D eigenvalue weighted by molar-refractivity contribution is 5.68. The van der Waals surface area contributed by atoms with Gasteiger partial charge in [0.05, 0.1) is 13.2 Å². The number of methoxy groups -OCH3 is 1. The number of hydrogen-bond donors (Lipinski definition) is 1. The molecule has 140 valence electrons. The van der Waals surface area contributed by atoms with E-state index in [0.29, 0.717) is 18.7 Å². The molecule has 1 saturated heterocycles. The van der Waals surface area contributed by atoms with Gasteiger partial charge in [-0.05, 0) is 29.4 Å². The molecule has 1 aliphatic rings. The van der Waals surface area contributed by atoms with E-state index in [-0.39, 0.29) is 29.0 Å². The number of likely N-dealkylation sites (tertiary alicyclic amines) is 1. The molecule has 2 heterocycles. The lowest BCUT2D eigenvalue weighted by atomic mass is 9.82. The van der Waals surface area contributed by atoms with Crippen LogP contribution in [0.15, 0.2) is 39.6 Å². The van der Waals surface area contributed by atoms with Crippen LogP contribution in [0.5, 0.6) is 0 Å². The van der Waals surface area contributed by atoms with Gasteiger partial charge in [-0.15, -0.1) is 0 Å². The molecular weight excluding hydrogens is 332 g/mol. The second kappa shape index (κ2) is 7.02. The third kappa shape index (κ3) is 3.69. The van der Waals surface area contributed by atoms with Crippen molar-refractivity contribution in [3.8, 4) is 0 Å².